The van der Waals surface area contributed by atoms with Gasteiger partial charge in [-0.05, 0) is 12.1 Å². The number of nitrogens with zero attached hydrogens (tertiary/aromatic N) is 1. The van der Waals surface area contributed by atoms with Gasteiger partial charge in [0, 0.05) is 5.46 Å². The van der Waals surface area contributed by atoms with Crippen LogP contribution in [-0.4, -0.2) is 34.3 Å². The van der Waals surface area contributed by atoms with Crippen molar-refractivity contribution >= 4 is 30.3 Å². The summed E-state index contributed by atoms with van der Waals surface area (Å²) in [6, 6.07) is 3.41. The van der Waals surface area contributed by atoms with E-state index in [9.17, 15) is 9.59 Å². The van der Waals surface area contributed by atoms with Gasteiger partial charge in [0.15, 0.2) is 0 Å². The van der Waals surface area contributed by atoms with Crippen molar-refractivity contribution < 1.29 is 24.7 Å². The molecule has 0 aromatic heterocycles. The molecule has 0 atom stereocenters. The number of benzene rings is 1. The first-order valence-electron chi connectivity index (χ1n) is 3.87. The second-order valence-corrected chi connectivity index (χ2v) is 2.66. The van der Waals surface area contributed by atoms with Crippen LogP contribution in [0.2, 0.25) is 0 Å². The molecule has 1 aromatic carbocycles. The minimum absolute atomic E-state index is 0.0525. The van der Waals surface area contributed by atoms with Crippen LogP contribution in [0.5, 0.6) is 0 Å². The highest BCUT2D eigenvalue weighted by Gasteiger charge is 2.17. The Kier molecular flexibility index (Phi) is 3.35. The highest BCUT2D eigenvalue weighted by molar-refractivity contribution is 6.60. The molecule has 1 aromatic rings. The van der Waals surface area contributed by atoms with Crippen LogP contribution in [0.1, 0.15) is 10.4 Å². The van der Waals surface area contributed by atoms with Gasteiger partial charge in [0.05, 0.1) is 11.3 Å². The fourth-order valence-corrected chi connectivity index (χ4v) is 1.04. The minimum atomic E-state index is -1.82. The van der Waals surface area contributed by atoms with Gasteiger partial charge in [-0.2, -0.15) is 4.99 Å². The second-order valence-electron chi connectivity index (χ2n) is 2.66. The zero-order chi connectivity index (χ0) is 11.4. The SMILES string of the molecule is O=C=Nc1cc(C(=O)O)ccc1B(O)O. The quantitative estimate of drug-likeness (QED) is 0.335. The normalized spacial score (nSPS) is 9.20. The van der Waals surface area contributed by atoms with Crippen molar-refractivity contribution in [1.29, 1.82) is 0 Å². The Hall–Kier alpha value is -1.95. The Bertz CT molecular complexity index is 439. The lowest BCUT2D eigenvalue weighted by Gasteiger charge is -2.03. The summed E-state index contributed by atoms with van der Waals surface area (Å²) in [5, 5.41) is 26.4. The number of carbonyl (C=O) groups excluding carboxylic acids is 1. The third-order valence-electron chi connectivity index (χ3n) is 1.72. The van der Waals surface area contributed by atoms with E-state index in [0.717, 1.165) is 6.07 Å². The molecular formula is C8H6BNO5. The van der Waals surface area contributed by atoms with Crippen molar-refractivity contribution in [3.05, 3.63) is 23.8 Å². The summed E-state index contributed by atoms with van der Waals surface area (Å²) >= 11 is 0. The first kappa shape index (κ1) is 11.1. The van der Waals surface area contributed by atoms with Crippen LogP contribution in [0.25, 0.3) is 0 Å². The van der Waals surface area contributed by atoms with Gasteiger partial charge in [-0.1, -0.05) is 6.07 Å². The van der Waals surface area contributed by atoms with E-state index in [0.29, 0.717) is 0 Å². The molecule has 0 saturated carbocycles. The Morgan fingerprint density at radius 3 is 2.53 bits per heavy atom. The number of aliphatic imine (C=N–C) groups is 1. The summed E-state index contributed by atoms with van der Waals surface area (Å²) in [7, 11) is -1.82. The molecule has 0 fully saturated rings. The molecule has 6 nitrogen and oxygen atoms in total. The molecule has 0 radical (unpaired) electrons. The van der Waals surface area contributed by atoms with Gasteiger partial charge < -0.3 is 15.2 Å². The monoisotopic (exact) mass is 207 g/mol. The highest BCUT2D eigenvalue weighted by Crippen LogP contribution is 2.11. The van der Waals surface area contributed by atoms with Crippen LogP contribution >= 0.6 is 0 Å². The number of carbonyl (C=O) groups is 1. The summed E-state index contributed by atoms with van der Waals surface area (Å²) in [6.45, 7) is 0. The Morgan fingerprint density at radius 2 is 2.07 bits per heavy atom. The van der Waals surface area contributed by atoms with Crippen LogP contribution in [0.4, 0.5) is 5.69 Å². The molecule has 0 saturated heterocycles. The van der Waals surface area contributed by atoms with Crippen LogP contribution in [-0.2, 0) is 4.79 Å². The average molecular weight is 207 g/mol. The van der Waals surface area contributed by atoms with Gasteiger partial charge in [-0.25, -0.2) is 9.59 Å². The Labute approximate surface area is 84.7 Å². The van der Waals surface area contributed by atoms with Crippen LogP contribution in [0, 0.1) is 0 Å². The summed E-state index contributed by atoms with van der Waals surface area (Å²) in [5.74, 6) is -1.20. The van der Waals surface area contributed by atoms with E-state index >= 15 is 0 Å². The van der Waals surface area contributed by atoms with Gasteiger partial charge in [0.2, 0.25) is 6.08 Å². The predicted molar refractivity (Wildman–Crippen MR) is 51.0 cm³/mol. The molecular weight excluding hydrogens is 201 g/mol. The molecule has 0 aliphatic rings. The van der Waals surface area contributed by atoms with Crippen molar-refractivity contribution in [1.82, 2.24) is 0 Å². The zero-order valence-electron chi connectivity index (χ0n) is 7.41. The maximum Gasteiger partial charge on any atom is 0.490 e. The van der Waals surface area contributed by atoms with Crippen molar-refractivity contribution in [3.63, 3.8) is 0 Å². The molecule has 1 rings (SSSR count). The van der Waals surface area contributed by atoms with E-state index in [-0.39, 0.29) is 16.7 Å². The lowest BCUT2D eigenvalue weighted by molar-refractivity contribution is 0.0697. The van der Waals surface area contributed by atoms with Crippen molar-refractivity contribution in [2.45, 2.75) is 0 Å². The molecule has 0 aliphatic heterocycles. The number of carboxylic acid groups (broad SMARTS) is 1. The molecule has 0 unspecified atom stereocenters. The number of isocyanates is 1. The lowest BCUT2D eigenvalue weighted by Crippen LogP contribution is -2.30. The third kappa shape index (κ3) is 2.51. The minimum Gasteiger partial charge on any atom is -0.478 e. The van der Waals surface area contributed by atoms with E-state index in [1.165, 1.54) is 18.2 Å². The molecule has 7 heteroatoms. The van der Waals surface area contributed by atoms with E-state index in [4.69, 9.17) is 15.2 Å². The average Bonchev–Trinajstić information content (AvgIpc) is 2.17. The smallest absolute Gasteiger partial charge is 0.478 e. The summed E-state index contributed by atoms with van der Waals surface area (Å²) < 4.78 is 0. The summed E-state index contributed by atoms with van der Waals surface area (Å²) in [6.07, 6.45) is 1.21. The fraction of sp³-hybridized carbons (Fsp3) is 0. The fourth-order valence-electron chi connectivity index (χ4n) is 1.04. The lowest BCUT2D eigenvalue weighted by atomic mass is 9.78. The third-order valence-corrected chi connectivity index (χ3v) is 1.72. The Morgan fingerprint density at radius 1 is 1.40 bits per heavy atom. The summed E-state index contributed by atoms with van der Waals surface area (Å²) in [5.41, 5.74) is -0.281. The number of aromatic carboxylic acids is 1. The number of carboxylic acids is 1. The van der Waals surface area contributed by atoms with Crippen LogP contribution < -0.4 is 5.46 Å². The van der Waals surface area contributed by atoms with E-state index < -0.39 is 13.1 Å². The first-order chi connectivity index (χ1) is 7.06. The molecule has 15 heavy (non-hydrogen) atoms. The van der Waals surface area contributed by atoms with Gasteiger partial charge in [0.25, 0.3) is 0 Å². The molecule has 0 bridgehead atoms. The van der Waals surface area contributed by atoms with E-state index in [2.05, 4.69) is 4.99 Å². The molecule has 0 spiro atoms. The maximum atomic E-state index is 10.6. The molecule has 3 N–H and O–H groups in total. The topological polar surface area (TPSA) is 107 Å². The van der Waals surface area contributed by atoms with Crippen molar-refractivity contribution in [3.8, 4) is 0 Å². The predicted octanol–water partition coefficient (Wildman–Crippen LogP) is -0.968. The molecule has 0 heterocycles. The maximum absolute atomic E-state index is 10.6. The van der Waals surface area contributed by atoms with Gasteiger partial charge in [-0.15, -0.1) is 0 Å². The van der Waals surface area contributed by atoms with Crippen LogP contribution in [0.3, 0.4) is 0 Å². The van der Waals surface area contributed by atoms with Gasteiger partial charge in [-0.3, -0.25) is 0 Å². The van der Waals surface area contributed by atoms with Crippen molar-refractivity contribution in [2.24, 2.45) is 4.99 Å². The largest absolute Gasteiger partial charge is 0.490 e. The van der Waals surface area contributed by atoms with Crippen molar-refractivity contribution in [2.75, 3.05) is 0 Å². The molecule has 0 amide bonds. The van der Waals surface area contributed by atoms with Gasteiger partial charge >= 0.3 is 13.1 Å². The number of rotatable bonds is 3. The highest BCUT2D eigenvalue weighted by atomic mass is 16.4. The van der Waals surface area contributed by atoms with Crippen LogP contribution in [0.15, 0.2) is 23.2 Å². The van der Waals surface area contributed by atoms with Gasteiger partial charge in [0.1, 0.15) is 0 Å². The standard InChI is InChI=1S/C8H6BNO5/c11-4-10-7-3-5(8(12)13)1-2-6(7)9(14)15/h1-3,14-15H,(H,12,13). The Balaban J connectivity index is 3.32. The zero-order valence-corrected chi connectivity index (χ0v) is 7.41. The number of hydrogen-bond donors (Lipinski definition) is 3. The van der Waals surface area contributed by atoms with E-state index in [1.807, 2.05) is 0 Å². The summed E-state index contributed by atoms with van der Waals surface area (Å²) in [4.78, 5) is 23.8. The second kappa shape index (κ2) is 4.52. The van der Waals surface area contributed by atoms with E-state index in [1.54, 1.807) is 0 Å². The molecule has 76 valence electrons. The molecule has 0 aliphatic carbocycles. The number of hydrogen-bond acceptors (Lipinski definition) is 5. The first-order valence-corrected chi connectivity index (χ1v) is 3.87.